The summed E-state index contributed by atoms with van der Waals surface area (Å²) >= 11 is 0. The first kappa shape index (κ1) is 11.1. The van der Waals surface area contributed by atoms with Crippen LogP contribution in [0.5, 0.6) is 0 Å². The van der Waals surface area contributed by atoms with Crippen LogP contribution in [0, 0.1) is 30.6 Å². The van der Waals surface area contributed by atoms with E-state index in [0.717, 1.165) is 17.8 Å². The molecule has 0 heterocycles. The molecule has 0 radical (unpaired) electrons. The highest BCUT2D eigenvalue weighted by Gasteiger charge is 2.08. The second-order valence-corrected chi connectivity index (χ2v) is 3.35. The molecule has 0 atom stereocenters. The van der Waals surface area contributed by atoms with Crippen molar-refractivity contribution in [1.29, 1.82) is 5.26 Å². The summed E-state index contributed by atoms with van der Waals surface area (Å²) in [6, 6.07) is 8.03. The van der Waals surface area contributed by atoms with Gasteiger partial charge in [-0.05, 0) is 31.5 Å². The Morgan fingerprint density at radius 3 is 2.73 bits per heavy atom. The van der Waals surface area contributed by atoms with E-state index in [4.69, 9.17) is 11.7 Å². The highest BCUT2D eigenvalue weighted by atomic mass is 15.1. The Morgan fingerprint density at radius 1 is 1.47 bits per heavy atom. The van der Waals surface area contributed by atoms with Crippen LogP contribution in [0.4, 0.5) is 5.69 Å². The van der Waals surface area contributed by atoms with Gasteiger partial charge < -0.3 is 4.90 Å². The van der Waals surface area contributed by atoms with E-state index in [1.54, 1.807) is 0 Å². The van der Waals surface area contributed by atoms with Gasteiger partial charge in [-0.3, -0.25) is 0 Å². The molecule has 2 nitrogen and oxygen atoms in total. The average molecular weight is 198 g/mol. The molecule has 15 heavy (non-hydrogen) atoms. The Hall–Kier alpha value is -1.93. The summed E-state index contributed by atoms with van der Waals surface area (Å²) in [6.07, 6.45) is 5.29. The fourth-order valence-electron chi connectivity index (χ4n) is 1.49. The van der Waals surface area contributed by atoms with E-state index in [-0.39, 0.29) is 0 Å². The van der Waals surface area contributed by atoms with Crippen molar-refractivity contribution in [2.45, 2.75) is 13.8 Å². The van der Waals surface area contributed by atoms with Crippen molar-refractivity contribution in [3.8, 4) is 18.4 Å². The fourth-order valence-corrected chi connectivity index (χ4v) is 1.49. The third-order valence-corrected chi connectivity index (χ3v) is 2.28. The molecule has 0 unspecified atom stereocenters. The van der Waals surface area contributed by atoms with Gasteiger partial charge in [-0.15, -0.1) is 6.42 Å². The summed E-state index contributed by atoms with van der Waals surface area (Å²) in [5.41, 5.74) is 2.70. The van der Waals surface area contributed by atoms with Gasteiger partial charge in [0.1, 0.15) is 6.07 Å². The van der Waals surface area contributed by atoms with Crippen LogP contribution >= 0.6 is 0 Å². The standard InChI is InChI=1S/C13H14N2/c1-4-8-15(5-2)13-7-6-11(3)9-12(13)10-14/h1,6-7,9H,5,8H2,2-3H3. The molecule has 0 aliphatic heterocycles. The number of rotatable bonds is 3. The van der Waals surface area contributed by atoms with Crippen LogP contribution in [0.15, 0.2) is 18.2 Å². The first-order chi connectivity index (χ1) is 7.22. The highest BCUT2D eigenvalue weighted by molar-refractivity contribution is 5.60. The van der Waals surface area contributed by atoms with Gasteiger partial charge in [-0.25, -0.2) is 0 Å². The maximum absolute atomic E-state index is 9.03. The Labute approximate surface area is 91.1 Å². The molecule has 0 amide bonds. The number of aryl methyl sites for hydroxylation is 1. The maximum atomic E-state index is 9.03. The zero-order chi connectivity index (χ0) is 11.3. The summed E-state index contributed by atoms with van der Waals surface area (Å²) in [7, 11) is 0. The van der Waals surface area contributed by atoms with Crippen LogP contribution in [0.3, 0.4) is 0 Å². The largest absolute Gasteiger partial charge is 0.360 e. The normalized spacial score (nSPS) is 9.07. The number of hydrogen-bond donors (Lipinski definition) is 0. The predicted octanol–water partition coefficient (Wildman–Crippen LogP) is 2.33. The van der Waals surface area contributed by atoms with E-state index in [9.17, 15) is 0 Å². The van der Waals surface area contributed by atoms with Gasteiger partial charge in [0.05, 0.1) is 17.8 Å². The molecule has 0 bridgehead atoms. The van der Waals surface area contributed by atoms with Gasteiger partial charge in [-0.1, -0.05) is 12.0 Å². The second-order valence-electron chi connectivity index (χ2n) is 3.35. The van der Waals surface area contributed by atoms with E-state index >= 15 is 0 Å². The molecule has 1 aromatic carbocycles. The average Bonchev–Trinajstić information content (AvgIpc) is 2.26. The zero-order valence-electron chi connectivity index (χ0n) is 9.12. The van der Waals surface area contributed by atoms with E-state index in [1.165, 1.54) is 0 Å². The van der Waals surface area contributed by atoms with Crippen molar-refractivity contribution >= 4 is 5.69 Å². The smallest absolute Gasteiger partial charge is 0.101 e. The Balaban J connectivity index is 3.13. The third kappa shape index (κ3) is 2.51. The number of nitrogens with zero attached hydrogens (tertiary/aromatic N) is 2. The van der Waals surface area contributed by atoms with Crippen LogP contribution in [0.1, 0.15) is 18.1 Å². The van der Waals surface area contributed by atoms with Gasteiger partial charge in [0, 0.05) is 6.54 Å². The van der Waals surface area contributed by atoms with Gasteiger partial charge >= 0.3 is 0 Å². The highest BCUT2D eigenvalue weighted by Crippen LogP contribution is 2.20. The number of benzene rings is 1. The lowest BCUT2D eigenvalue weighted by atomic mass is 10.1. The van der Waals surface area contributed by atoms with Crippen LogP contribution in [0.25, 0.3) is 0 Å². The van der Waals surface area contributed by atoms with Crippen molar-refractivity contribution in [1.82, 2.24) is 0 Å². The number of terminal acetylenes is 1. The summed E-state index contributed by atoms with van der Waals surface area (Å²) < 4.78 is 0. The van der Waals surface area contributed by atoms with E-state index < -0.39 is 0 Å². The number of anilines is 1. The minimum Gasteiger partial charge on any atom is -0.360 e. The molecule has 76 valence electrons. The molecular weight excluding hydrogens is 184 g/mol. The first-order valence-corrected chi connectivity index (χ1v) is 4.92. The third-order valence-electron chi connectivity index (χ3n) is 2.28. The van der Waals surface area contributed by atoms with Crippen molar-refractivity contribution in [3.05, 3.63) is 29.3 Å². The minimum absolute atomic E-state index is 0.536. The molecule has 0 saturated carbocycles. The van der Waals surface area contributed by atoms with Crippen molar-refractivity contribution < 1.29 is 0 Å². The fraction of sp³-hybridized carbons (Fsp3) is 0.308. The Bertz CT molecular complexity index is 421. The minimum atomic E-state index is 0.536. The molecule has 0 aliphatic carbocycles. The molecule has 0 spiro atoms. The van der Waals surface area contributed by atoms with Crippen LogP contribution < -0.4 is 4.90 Å². The van der Waals surface area contributed by atoms with Crippen LogP contribution in [-0.2, 0) is 0 Å². The van der Waals surface area contributed by atoms with Gasteiger partial charge in [0.2, 0.25) is 0 Å². The lowest BCUT2D eigenvalue weighted by Gasteiger charge is -2.21. The summed E-state index contributed by atoms with van der Waals surface area (Å²) in [6.45, 7) is 5.34. The molecule has 0 fully saturated rings. The van der Waals surface area contributed by atoms with Crippen molar-refractivity contribution in [2.24, 2.45) is 0 Å². The van der Waals surface area contributed by atoms with Gasteiger partial charge in [0.15, 0.2) is 0 Å². The molecule has 0 saturated heterocycles. The molecule has 0 N–H and O–H groups in total. The Morgan fingerprint density at radius 2 is 2.20 bits per heavy atom. The number of nitriles is 1. The lowest BCUT2D eigenvalue weighted by molar-refractivity contribution is 0.915. The second kappa shape index (κ2) is 5.08. The monoisotopic (exact) mass is 198 g/mol. The maximum Gasteiger partial charge on any atom is 0.101 e. The van der Waals surface area contributed by atoms with E-state index in [1.807, 2.05) is 36.9 Å². The van der Waals surface area contributed by atoms with E-state index in [2.05, 4.69) is 12.0 Å². The number of hydrogen-bond acceptors (Lipinski definition) is 2. The van der Waals surface area contributed by atoms with E-state index in [0.29, 0.717) is 12.1 Å². The molecule has 0 aromatic heterocycles. The van der Waals surface area contributed by atoms with Crippen LogP contribution in [-0.4, -0.2) is 13.1 Å². The summed E-state index contributed by atoms with van der Waals surface area (Å²) in [5, 5.41) is 9.03. The van der Waals surface area contributed by atoms with Gasteiger partial charge in [0.25, 0.3) is 0 Å². The quantitative estimate of drug-likeness (QED) is 0.697. The molecule has 0 aliphatic rings. The van der Waals surface area contributed by atoms with Crippen LogP contribution in [0.2, 0.25) is 0 Å². The first-order valence-electron chi connectivity index (χ1n) is 4.92. The molecule has 2 heteroatoms. The lowest BCUT2D eigenvalue weighted by Crippen LogP contribution is -2.23. The van der Waals surface area contributed by atoms with Gasteiger partial charge in [-0.2, -0.15) is 5.26 Å². The van der Waals surface area contributed by atoms with Crippen molar-refractivity contribution in [3.63, 3.8) is 0 Å². The molecule has 1 aromatic rings. The SMILES string of the molecule is C#CCN(CC)c1ccc(C)cc1C#N. The molecule has 1 rings (SSSR count). The topological polar surface area (TPSA) is 27.0 Å². The summed E-state index contributed by atoms with van der Waals surface area (Å²) in [4.78, 5) is 2.01. The summed E-state index contributed by atoms with van der Waals surface area (Å²) in [5.74, 6) is 2.60. The predicted molar refractivity (Wildman–Crippen MR) is 62.6 cm³/mol. The Kier molecular flexibility index (Phi) is 3.77. The zero-order valence-corrected chi connectivity index (χ0v) is 9.12. The van der Waals surface area contributed by atoms with Crippen molar-refractivity contribution in [2.75, 3.05) is 18.0 Å². The molecular formula is C13H14N2.